The lowest BCUT2D eigenvalue weighted by Crippen LogP contribution is -2.61. The summed E-state index contributed by atoms with van der Waals surface area (Å²) in [5.41, 5.74) is 1.17. The van der Waals surface area contributed by atoms with Crippen LogP contribution in [0.15, 0.2) is 29.2 Å². The van der Waals surface area contributed by atoms with Gasteiger partial charge in [0.05, 0.1) is 4.90 Å². The van der Waals surface area contributed by atoms with Crippen molar-refractivity contribution in [3.63, 3.8) is 0 Å². The van der Waals surface area contributed by atoms with Crippen molar-refractivity contribution in [2.24, 2.45) is 5.41 Å². The predicted octanol–water partition coefficient (Wildman–Crippen LogP) is 1.67. The summed E-state index contributed by atoms with van der Waals surface area (Å²) in [5, 5.41) is 8.95. The van der Waals surface area contributed by atoms with Gasteiger partial charge in [0, 0.05) is 31.3 Å². The SMILES string of the molecule is CS(=O)(=O)c1cccc(CN2CCC3(CC2)CN(C(=O)O)C3)c1. The first kappa shape index (κ1) is 16.3. The van der Waals surface area contributed by atoms with E-state index >= 15 is 0 Å². The minimum Gasteiger partial charge on any atom is -0.465 e. The second kappa shape index (κ2) is 5.79. The van der Waals surface area contributed by atoms with E-state index in [2.05, 4.69) is 4.90 Å². The molecule has 0 bridgehead atoms. The van der Waals surface area contributed by atoms with Crippen molar-refractivity contribution in [2.45, 2.75) is 24.3 Å². The summed E-state index contributed by atoms with van der Waals surface area (Å²) in [6.07, 6.45) is 2.41. The zero-order valence-corrected chi connectivity index (χ0v) is 14.1. The molecular formula is C16H22N2O4S. The molecule has 0 atom stereocenters. The fraction of sp³-hybridized carbons (Fsp3) is 0.562. The van der Waals surface area contributed by atoms with Crippen LogP contribution in [0.25, 0.3) is 0 Å². The summed E-state index contributed by atoms with van der Waals surface area (Å²) in [7, 11) is -3.17. The lowest BCUT2D eigenvalue weighted by molar-refractivity contribution is -0.0352. The molecule has 0 aromatic heterocycles. The Balaban J connectivity index is 1.57. The Bertz CT molecular complexity index is 701. The number of sulfone groups is 1. The number of hydrogen-bond donors (Lipinski definition) is 1. The van der Waals surface area contributed by atoms with Crippen molar-refractivity contribution in [3.05, 3.63) is 29.8 Å². The summed E-state index contributed by atoms with van der Waals surface area (Å²) in [4.78, 5) is 15.0. The number of hydrogen-bond acceptors (Lipinski definition) is 4. The Labute approximate surface area is 136 Å². The molecule has 23 heavy (non-hydrogen) atoms. The highest BCUT2D eigenvalue weighted by atomic mass is 32.2. The van der Waals surface area contributed by atoms with Crippen LogP contribution in [-0.4, -0.2) is 61.9 Å². The first-order valence-electron chi connectivity index (χ1n) is 7.77. The largest absolute Gasteiger partial charge is 0.465 e. The van der Waals surface area contributed by atoms with Gasteiger partial charge < -0.3 is 10.0 Å². The molecule has 0 aliphatic carbocycles. The molecule has 0 unspecified atom stereocenters. The maximum absolute atomic E-state index is 11.6. The van der Waals surface area contributed by atoms with Gasteiger partial charge in [0.25, 0.3) is 0 Å². The van der Waals surface area contributed by atoms with Gasteiger partial charge in [0.15, 0.2) is 9.84 Å². The Morgan fingerprint density at radius 1 is 1.26 bits per heavy atom. The summed E-state index contributed by atoms with van der Waals surface area (Å²) in [5.74, 6) is 0. The molecule has 2 fully saturated rings. The van der Waals surface area contributed by atoms with Gasteiger partial charge in [-0.25, -0.2) is 13.2 Å². The molecule has 3 rings (SSSR count). The van der Waals surface area contributed by atoms with Crippen molar-refractivity contribution < 1.29 is 18.3 Å². The second-order valence-corrected chi connectivity index (χ2v) is 8.85. The summed E-state index contributed by atoms with van der Waals surface area (Å²) < 4.78 is 23.3. The Kier molecular flexibility index (Phi) is 4.10. The number of likely N-dealkylation sites (tertiary alicyclic amines) is 2. The van der Waals surface area contributed by atoms with Crippen LogP contribution >= 0.6 is 0 Å². The molecule has 2 aliphatic heterocycles. The topological polar surface area (TPSA) is 77.9 Å². The zero-order chi connectivity index (χ0) is 16.7. The lowest BCUT2D eigenvalue weighted by Gasteiger charge is -2.52. The van der Waals surface area contributed by atoms with E-state index in [1.165, 1.54) is 11.2 Å². The fourth-order valence-corrected chi connectivity index (χ4v) is 4.22. The van der Waals surface area contributed by atoms with Crippen molar-refractivity contribution in [1.29, 1.82) is 0 Å². The van der Waals surface area contributed by atoms with Gasteiger partial charge in [-0.05, 0) is 43.6 Å². The van der Waals surface area contributed by atoms with E-state index in [1.807, 2.05) is 6.07 Å². The Morgan fingerprint density at radius 3 is 2.48 bits per heavy atom. The lowest BCUT2D eigenvalue weighted by atomic mass is 9.72. The van der Waals surface area contributed by atoms with Gasteiger partial charge in [0.2, 0.25) is 0 Å². The van der Waals surface area contributed by atoms with Gasteiger partial charge in [-0.2, -0.15) is 0 Å². The third-order valence-electron chi connectivity index (χ3n) is 4.97. The van der Waals surface area contributed by atoms with Gasteiger partial charge in [-0.3, -0.25) is 4.90 Å². The first-order valence-corrected chi connectivity index (χ1v) is 9.66. The van der Waals surface area contributed by atoms with Crippen molar-refractivity contribution in [2.75, 3.05) is 32.4 Å². The quantitative estimate of drug-likeness (QED) is 0.907. The number of amides is 1. The van der Waals surface area contributed by atoms with E-state index in [1.54, 1.807) is 18.2 Å². The molecule has 1 spiro atoms. The highest BCUT2D eigenvalue weighted by Gasteiger charge is 2.46. The third kappa shape index (κ3) is 3.50. The van der Waals surface area contributed by atoms with Gasteiger partial charge in [-0.15, -0.1) is 0 Å². The fourth-order valence-electron chi connectivity index (χ4n) is 3.53. The third-order valence-corrected chi connectivity index (χ3v) is 6.08. The summed E-state index contributed by atoms with van der Waals surface area (Å²) >= 11 is 0. The minimum absolute atomic E-state index is 0.170. The van der Waals surface area contributed by atoms with E-state index in [0.717, 1.165) is 38.0 Å². The molecule has 1 aromatic carbocycles. The van der Waals surface area contributed by atoms with Gasteiger partial charge >= 0.3 is 6.09 Å². The maximum atomic E-state index is 11.6. The number of rotatable bonds is 3. The molecule has 126 valence electrons. The minimum atomic E-state index is -3.17. The van der Waals surface area contributed by atoms with Crippen LogP contribution in [0.3, 0.4) is 0 Å². The zero-order valence-electron chi connectivity index (χ0n) is 13.2. The van der Waals surface area contributed by atoms with Crippen LogP contribution in [0.5, 0.6) is 0 Å². The van der Waals surface area contributed by atoms with Crippen LogP contribution in [-0.2, 0) is 16.4 Å². The van der Waals surface area contributed by atoms with Crippen molar-refractivity contribution >= 4 is 15.9 Å². The van der Waals surface area contributed by atoms with Crippen molar-refractivity contribution in [1.82, 2.24) is 9.80 Å². The molecule has 2 aliphatic rings. The number of nitrogens with zero attached hydrogens (tertiary/aromatic N) is 2. The smallest absolute Gasteiger partial charge is 0.407 e. The Hall–Kier alpha value is -1.60. The van der Waals surface area contributed by atoms with E-state index in [4.69, 9.17) is 5.11 Å². The van der Waals surface area contributed by atoms with Crippen LogP contribution in [0, 0.1) is 5.41 Å². The standard InChI is InChI=1S/C16H22N2O4S/c1-23(21,22)14-4-2-3-13(9-14)10-17-7-5-16(6-8-17)11-18(12-16)15(19)20/h2-4,9H,5-8,10-12H2,1H3,(H,19,20). The molecule has 1 amide bonds. The Morgan fingerprint density at radius 2 is 1.91 bits per heavy atom. The molecule has 6 nitrogen and oxygen atoms in total. The molecule has 2 saturated heterocycles. The van der Waals surface area contributed by atoms with Gasteiger partial charge in [0.1, 0.15) is 0 Å². The number of piperidine rings is 1. The second-order valence-electron chi connectivity index (χ2n) is 6.83. The van der Waals surface area contributed by atoms with E-state index in [-0.39, 0.29) is 5.41 Å². The maximum Gasteiger partial charge on any atom is 0.407 e. The predicted molar refractivity (Wildman–Crippen MR) is 86.1 cm³/mol. The van der Waals surface area contributed by atoms with E-state index in [0.29, 0.717) is 18.0 Å². The molecule has 2 heterocycles. The summed E-state index contributed by atoms with van der Waals surface area (Å²) in [6, 6.07) is 7.11. The summed E-state index contributed by atoms with van der Waals surface area (Å²) in [6.45, 7) is 3.90. The highest BCUT2D eigenvalue weighted by Crippen LogP contribution is 2.40. The van der Waals surface area contributed by atoms with E-state index < -0.39 is 15.9 Å². The van der Waals surface area contributed by atoms with Crippen LogP contribution in [0.1, 0.15) is 18.4 Å². The molecule has 0 radical (unpaired) electrons. The molecule has 1 aromatic rings. The molecular weight excluding hydrogens is 316 g/mol. The average Bonchev–Trinajstić information content (AvgIpc) is 2.45. The molecule has 7 heteroatoms. The van der Waals surface area contributed by atoms with Crippen molar-refractivity contribution in [3.8, 4) is 0 Å². The highest BCUT2D eigenvalue weighted by molar-refractivity contribution is 7.90. The van der Waals surface area contributed by atoms with Crippen LogP contribution in [0.4, 0.5) is 4.79 Å². The average molecular weight is 338 g/mol. The van der Waals surface area contributed by atoms with Gasteiger partial charge in [-0.1, -0.05) is 12.1 Å². The van der Waals surface area contributed by atoms with Crippen LogP contribution < -0.4 is 0 Å². The molecule has 0 saturated carbocycles. The van der Waals surface area contributed by atoms with E-state index in [9.17, 15) is 13.2 Å². The first-order chi connectivity index (χ1) is 10.8. The number of carbonyl (C=O) groups is 1. The monoisotopic (exact) mass is 338 g/mol. The number of carboxylic acid groups (broad SMARTS) is 1. The van der Waals surface area contributed by atoms with Crippen LogP contribution in [0.2, 0.25) is 0 Å². The molecule has 1 N–H and O–H groups in total. The normalized spacial score (nSPS) is 21.2. The number of benzene rings is 1.